The minimum Gasteiger partial charge on any atom is -0.325 e. The van der Waals surface area contributed by atoms with Gasteiger partial charge in [0.1, 0.15) is 0 Å². The van der Waals surface area contributed by atoms with Gasteiger partial charge in [-0.1, -0.05) is 12.1 Å². The molecular weight excluding hydrogens is 240 g/mol. The molecule has 2 rings (SSSR count). The molecule has 0 radical (unpaired) electrons. The van der Waals surface area contributed by atoms with Gasteiger partial charge in [0.2, 0.25) is 5.91 Å². The molecule has 1 heterocycles. The highest BCUT2D eigenvalue weighted by Crippen LogP contribution is 2.14. The van der Waals surface area contributed by atoms with Crippen LogP contribution in [-0.4, -0.2) is 28.5 Å². The van der Waals surface area contributed by atoms with Crippen LogP contribution in [0.1, 0.15) is 0 Å². The topological polar surface area (TPSA) is 59.0 Å². The van der Waals surface area contributed by atoms with E-state index in [1.807, 2.05) is 35.0 Å². The quantitative estimate of drug-likeness (QED) is 0.609. The Hall–Kier alpha value is -2.40. The molecule has 2 aromatic rings. The molecule has 0 saturated heterocycles. The molecule has 1 aromatic heterocycles. The molecular formula is C14H16N4O. The molecule has 0 spiro atoms. The van der Waals surface area contributed by atoms with E-state index in [1.165, 1.54) is 0 Å². The van der Waals surface area contributed by atoms with Crippen molar-refractivity contribution >= 4 is 11.6 Å². The third-order valence-corrected chi connectivity index (χ3v) is 2.51. The van der Waals surface area contributed by atoms with Crippen LogP contribution in [0.3, 0.4) is 0 Å². The normalized spacial score (nSPS) is 10.1. The summed E-state index contributed by atoms with van der Waals surface area (Å²) in [7, 11) is 0. The highest BCUT2D eigenvalue weighted by Gasteiger charge is 2.02. The van der Waals surface area contributed by atoms with Crippen molar-refractivity contribution in [2.24, 2.45) is 0 Å². The number of carbonyl (C=O) groups is 1. The molecule has 19 heavy (non-hydrogen) atoms. The standard InChI is InChI=1S/C14H16N4O/c1-2-6-15-10-14(19)17-12-4-3-5-13(9-12)18-8-7-16-11-18/h2-5,7-9,11,15H,1,6,10H2,(H,17,19). The fraction of sp³-hybridized carbons (Fsp3) is 0.143. The van der Waals surface area contributed by atoms with Crippen molar-refractivity contribution in [1.29, 1.82) is 0 Å². The van der Waals surface area contributed by atoms with Gasteiger partial charge in [-0.15, -0.1) is 6.58 Å². The number of hydrogen-bond acceptors (Lipinski definition) is 3. The molecule has 0 aliphatic carbocycles. The highest BCUT2D eigenvalue weighted by molar-refractivity contribution is 5.92. The molecule has 2 N–H and O–H groups in total. The first-order chi connectivity index (χ1) is 9.29. The number of benzene rings is 1. The number of aromatic nitrogens is 2. The number of nitrogens with one attached hydrogen (secondary N) is 2. The SMILES string of the molecule is C=CCNCC(=O)Nc1cccc(-n2ccnc2)c1. The second-order valence-electron chi connectivity index (χ2n) is 3.99. The molecule has 0 aliphatic rings. The van der Waals surface area contributed by atoms with E-state index < -0.39 is 0 Å². The van der Waals surface area contributed by atoms with Crippen molar-refractivity contribution in [1.82, 2.24) is 14.9 Å². The lowest BCUT2D eigenvalue weighted by molar-refractivity contribution is -0.115. The van der Waals surface area contributed by atoms with Crippen molar-refractivity contribution in [2.75, 3.05) is 18.4 Å². The van der Waals surface area contributed by atoms with Crippen molar-refractivity contribution in [3.8, 4) is 5.69 Å². The fourth-order valence-electron chi connectivity index (χ4n) is 1.65. The van der Waals surface area contributed by atoms with E-state index in [-0.39, 0.29) is 12.5 Å². The van der Waals surface area contributed by atoms with Crippen LogP contribution in [0, 0.1) is 0 Å². The lowest BCUT2D eigenvalue weighted by Crippen LogP contribution is -2.28. The molecule has 98 valence electrons. The van der Waals surface area contributed by atoms with Gasteiger partial charge in [0.15, 0.2) is 0 Å². The van der Waals surface area contributed by atoms with Crippen LogP contribution in [-0.2, 0) is 4.79 Å². The highest BCUT2D eigenvalue weighted by atomic mass is 16.1. The maximum atomic E-state index is 11.7. The molecule has 0 saturated carbocycles. The summed E-state index contributed by atoms with van der Waals surface area (Å²) < 4.78 is 1.88. The summed E-state index contributed by atoms with van der Waals surface area (Å²) in [5.41, 5.74) is 1.71. The van der Waals surface area contributed by atoms with Crippen molar-refractivity contribution in [2.45, 2.75) is 0 Å². The zero-order valence-electron chi connectivity index (χ0n) is 10.5. The monoisotopic (exact) mass is 256 g/mol. The van der Waals surface area contributed by atoms with Crippen LogP contribution in [0.15, 0.2) is 55.6 Å². The maximum absolute atomic E-state index is 11.7. The zero-order valence-corrected chi connectivity index (χ0v) is 10.5. The van der Waals surface area contributed by atoms with Crippen LogP contribution in [0.2, 0.25) is 0 Å². The Bertz CT molecular complexity index is 548. The summed E-state index contributed by atoms with van der Waals surface area (Å²) in [6.07, 6.45) is 7.00. The van der Waals surface area contributed by atoms with Gasteiger partial charge >= 0.3 is 0 Å². The number of amides is 1. The van der Waals surface area contributed by atoms with Gasteiger partial charge in [-0.05, 0) is 18.2 Å². The van der Waals surface area contributed by atoms with Crippen molar-refractivity contribution in [3.63, 3.8) is 0 Å². The zero-order chi connectivity index (χ0) is 13.5. The average molecular weight is 256 g/mol. The number of rotatable bonds is 6. The van der Waals surface area contributed by atoms with E-state index in [1.54, 1.807) is 18.6 Å². The summed E-state index contributed by atoms with van der Waals surface area (Å²) in [5.74, 6) is -0.0790. The Labute approximate surface area is 112 Å². The Morgan fingerprint density at radius 2 is 2.37 bits per heavy atom. The summed E-state index contributed by atoms with van der Waals surface area (Å²) in [4.78, 5) is 15.7. The Balaban J connectivity index is 1.99. The second kappa shape index (κ2) is 6.51. The smallest absolute Gasteiger partial charge is 0.238 e. The number of nitrogens with zero attached hydrogens (tertiary/aromatic N) is 2. The molecule has 1 amide bonds. The lowest BCUT2D eigenvalue weighted by Gasteiger charge is -2.08. The summed E-state index contributed by atoms with van der Waals surface area (Å²) in [5, 5.41) is 5.79. The first-order valence-corrected chi connectivity index (χ1v) is 5.99. The van der Waals surface area contributed by atoms with Crippen LogP contribution in [0.4, 0.5) is 5.69 Å². The van der Waals surface area contributed by atoms with Gasteiger partial charge in [-0.25, -0.2) is 4.98 Å². The van der Waals surface area contributed by atoms with Gasteiger partial charge in [-0.3, -0.25) is 4.79 Å². The lowest BCUT2D eigenvalue weighted by atomic mass is 10.2. The molecule has 0 fully saturated rings. The van der Waals surface area contributed by atoms with Gasteiger partial charge < -0.3 is 15.2 Å². The molecule has 0 aliphatic heterocycles. The van der Waals surface area contributed by atoms with E-state index in [9.17, 15) is 4.79 Å². The number of anilines is 1. The van der Waals surface area contributed by atoms with E-state index in [0.29, 0.717) is 6.54 Å². The summed E-state index contributed by atoms with van der Waals surface area (Å²) in [6, 6.07) is 7.59. The predicted molar refractivity (Wildman–Crippen MR) is 75.3 cm³/mol. The van der Waals surface area contributed by atoms with Crippen LogP contribution >= 0.6 is 0 Å². The number of carbonyl (C=O) groups excluding carboxylic acids is 1. The minimum atomic E-state index is -0.0790. The second-order valence-corrected chi connectivity index (χ2v) is 3.99. The third kappa shape index (κ3) is 3.79. The third-order valence-electron chi connectivity index (χ3n) is 2.51. The van der Waals surface area contributed by atoms with Crippen LogP contribution in [0.25, 0.3) is 5.69 Å². The Morgan fingerprint density at radius 3 is 3.11 bits per heavy atom. The van der Waals surface area contributed by atoms with Gasteiger partial charge in [0.25, 0.3) is 0 Å². The molecule has 0 unspecified atom stereocenters. The van der Waals surface area contributed by atoms with E-state index in [2.05, 4.69) is 22.2 Å². The van der Waals surface area contributed by atoms with Crippen molar-refractivity contribution < 1.29 is 4.79 Å². The van der Waals surface area contributed by atoms with Gasteiger partial charge in [-0.2, -0.15) is 0 Å². The molecule has 5 heteroatoms. The summed E-state index contributed by atoms with van der Waals surface area (Å²) >= 11 is 0. The van der Waals surface area contributed by atoms with Crippen LogP contribution < -0.4 is 10.6 Å². The van der Waals surface area contributed by atoms with E-state index in [4.69, 9.17) is 0 Å². The molecule has 0 atom stereocenters. The Kier molecular flexibility index (Phi) is 4.47. The Morgan fingerprint density at radius 1 is 1.47 bits per heavy atom. The number of hydrogen-bond donors (Lipinski definition) is 2. The maximum Gasteiger partial charge on any atom is 0.238 e. The van der Waals surface area contributed by atoms with Crippen molar-refractivity contribution in [3.05, 3.63) is 55.6 Å². The first-order valence-electron chi connectivity index (χ1n) is 5.99. The average Bonchev–Trinajstić information content (AvgIpc) is 2.93. The number of imidazole rings is 1. The van der Waals surface area contributed by atoms with Gasteiger partial charge in [0, 0.05) is 30.3 Å². The predicted octanol–water partition coefficient (Wildman–Crippen LogP) is 1.59. The first kappa shape index (κ1) is 13.0. The van der Waals surface area contributed by atoms with E-state index in [0.717, 1.165) is 11.4 Å². The van der Waals surface area contributed by atoms with Crippen LogP contribution in [0.5, 0.6) is 0 Å². The molecule has 0 bridgehead atoms. The fourth-order valence-corrected chi connectivity index (χ4v) is 1.65. The molecule has 1 aromatic carbocycles. The van der Waals surface area contributed by atoms with Gasteiger partial charge in [0.05, 0.1) is 12.9 Å². The largest absolute Gasteiger partial charge is 0.325 e. The summed E-state index contributed by atoms with van der Waals surface area (Å²) in [6.45, 7) is 4.46. The minimum absolute atomic E-state index is 0.0790. The molecule has 5 nitrogen and oxygen atoms in total. The van der Waals surface area contributed by atoms with E-state index >= 15 is 0 Å².